The highest BCUT2D eigenvalue weighted by Gasteiger charge is 2.23. The fourth-order valence-electron chi connectivity index (χ4n) is 2.15. The van der Waals surface area contributed by atoms with E-state index in [0.717, 1.165) is 22.6 Å². The molecule has 0 aromatic heterocycles. The fourth-order valence-corrected chi connectivity index (χ4v) is 2.99. The molecule has 3 rings (SSSR count). The lowest BCUT2D eigenvalue weighted by Gasteiger charge is -1.99. The largest absolute Gasteiger partial charge is 0.497 e. The van der Waals surface area contributed by atoms with E-state index in [-0.39, 0.29) is 5.91 Å². The van der Waals surface area contributed by atoms with E-state index < -0.39 is 0 Å². The monoisotopic (exact) mass is 324 g/mol. The van der Waals surface area contributed by atoms with Gasteiger partial charge in [-0.05, 0) is 60.2 Å². The van der Waals surface area contributed by atoms with Gasteiger partial charge in [0.15, 0.2) is 5.17 Å². The summed E-state index contributed by atoms with van der Waals surface area (Å²) in [6, 6.07) is 15.4. The zero-order valence-electron chi connectivity index (χ0n) is 12.9. The predicted octanol–water partition coefficient (Wildman–Crippen LogP) is 3.90. The number of amidine groups is 1. The van der Waals surface area contributed by atoms with Crippen molar-refractivity contribution in [2.75, 3.05) is 7.11 Å². The number of rotatable bonds is 3. The molecule has 0 saturated carbocycles. The third-order valence-corrected chi connectivity index (χ3v) is 4.21. The van der Waals surface area contributed by atoms with Crippen LogP contribution in [0, 0.1) is 6.92 Å². The van der Waals surface area contributed by atoms with Crippen molar-refractivity contribution in [3.63, 3.8) is 0 Å². The first-order chi connectivity index (χ1) is 11.1. The van der Waals surface area contributed by atoms with Crippen molar-refractivity contribution in [2.24, 2.45) is 4.99 Å². The molecule has 0 aliphatic carbocycles. The number of carbonyl (C=O) groups is 1. The smallest absolute Gasteiger partial charge is 0.264 e. The summed E-state index contributed by atoms with van der Waals surface area (Å²) in [7, 11) is 1.63. The topological polar surface area (TPSA) is 50.7 Å². The molecule has 1 N–H and O–H groups in total. The second kappa shape index (κ2) is 6.71. The first-order valence-electron chi connectivity index (χ1n) is 7.14. The van der Waals surface area contributed by atoms with Gasteiger partial charge < -0.3 is 10.1 Å². The SMILES string of the molecule is COc1ccc(C=C2SC(=Nc3cccc(C)c3)NC2=O)cc1. The van der Waals surface area contributed by atoms with Gasteiger partial charge in [-0.2, -0.15) is 0 Å². The van der Waals surface area contributed by atoms with E-state index in [1.54, 1.807) is 7.11 Å². The van der Waals surface area contributed by atoms with Gasteiger partial charge in [-0.3, -0.25) is 4.79 Å². The number of nitrogens with zero attached hydrogens (tertiary/aromatic N) is 1. The Morgan fingerprint density at radius 3 is 2.65 bits per heavy atom. The van der Waals surface area contributed by atoms with E-state index in [0.29, 0.717) is 10.1 Å². The Morgan fingerprint density at radius 1 is 1.17 bits per heavy atom. The highest BCUT2D eigenvalue weighted by Crippen LogP contribution is 2.28. The maximum Gasteiger partial charge on any atom is 0.264 e. The molecule has 1 aliphatic heterocycles. The van der Waals surface area contributed by atoms with E-state index in [4.69, 9.17) is 4.74 Å². The normalized spacial score (nSPS) is 17.6. The summed E-state index contributed by atoms with van der Waals surface area (Å²) in [5.74, 6) is 0.662. The molecule has 1 heterocycles. The molecule has 2 aromatic carbocycles. The molecular formula is C18H16N2O2S. The standard InChI is InChI=1S/C18H16N2O2S/c1-12-4-3-5-14(10-12)19-18-20-17(21)16(23-18)11-13-6-8-15(22-2)9-7-13/h3-11H,1-2H3,(H,19,20,21). The van der Waals surface area contributed by atoms with Crippen LogP contribution < -0.4 is 10.1 Å². The van der Waals surface area contributed by atoms with Crippen LogP contribution in [0.3, 0.4) is 0 Å². The Hall–Kier alpha value is -2.53. The molecule has 4 nitrogen and oxygen atoms in total. The summed E-state index contributed by atoms with van der Waals surface area (Å²) in [4.78, 5) is 17.2. The predicted molar refractivity (Wildman–Crippen MR) is 95.0 cm³/mol. The van der Waals surface area contributed by atoms with E-state index in [1.165, 1.54) is 11.8 Å². The average molecular weight is 324 g/mol. The number of hydrogen-bond donors (Lipinski definition) is 1. The number of benzene rings is 2. The van der Waals surface area contributed by atoms with E-state index >= 15 is 0 Å². The number of hydrogen-bond acceptors (Lipinski definition) is 4. The molecule has 23 heavy (non-hydrogen) atoms. The summed E-state index contributed by atoms with van der Waals surface area (Å²) in [5, 5.41) is 3.39. The van der Waals surface area contributed by atoms with Crippen molar-refractivity contribution in [1.29, 1.82) is 0 Å². The van der Waals surface area contributed by atoms with Gasteiger partial charge in [-0.15, -0.1) is 0 Å². The Kier molecular flexibility index (Phi) is 4.48. The first kappa shape index (κ1) is 15.4. The van der Waals surface area contributed by atoms with Crippen molar-refractivity contribution >= 4 is 34.6 Å². The molecule has 0 spiro atoms. The lowest BCUT2D eigenvalue weighted by molar-refractivity contribution is -0.115. The quantitative estimate of drug-likeness (QED) is 0.871. The minimum Gasteiger partial charge on any atom is -0.497 e. The molecule has 5 heteroatoms. The summed E-state index contributed by atoms with van der Waals surface area (Å²) < 4.78 is 5.13. The molecule has 0 atom stereocenters. The minimum atomic E-state index is -0.128. The average Bonchev–Trinajstić information content (AvgIpc) is 2.87. The van der Waals surface area contributed by atoms with Crippen molar-refractivity contribution in [3.05, 3.63) is 64.6 Å². The maximum absolute atomic E-state index is 12.1. The second-order valence-corrected chi connectivity index (χ2v) is 6.12. The lowest BCUT2D eigenvalue weighted by Crippen LogP contribution is -2.19. The number of carbonyl (C=O) groups excluding carboxylic acids is 1. The fraction of sp³-hybridized carbons (Fsp3) is 0.111. The van der Waals surface area contributed by atoms with Crippen LogP contribution in [0.25, 0.3) is 6.08 Å². The van der Waals surface area contributed by atoms with Crippen LogP contribution in [0.15, 0.2) is 58.4 Å². The van der Waals surface area contributed by atoms with Gasteiger partial charge in [0.25, 0.3) is 5.91 Å². The Morgan fingerprint density at radius 2 is 1.96 bits per heavy atom. The summed E-state index contributed by atoms with van der Waals surface area (Å²) in [6.45, 7) is 2.01. The van der Waals surface area contributed by atoms with Crippen LogP contribution in [-0.4, -0.2) is 18.2 Å². The Labute approximate surface area is 139 Å². The third kappa shape index (κ3) is 3.81. The van der Waals surface area contributed by atoms with Crippen LogP contribution in [0.1, 0.15) is 11.1 Å². The van der Waals surface area contributed by atoms with Crippen molar-refractivity contribution in [2.45, 2.75) is 6.92 Å². The molecule has 116 valence electrons. The third-order valence-electron chi connectivity index (χ3n) is 3.30. The number of thioether (sulfide) groups is 1. The number of methoxy groups -OCH3 is 1. The molecule has 2 aromatic rings. The van der Waals surface area contributed by atoms with Crippen LogP contribution >= 0.6 is 11.8 Å². The van der Waals surface area contributed by atoms with Gasteiger partial charge in [0.2, 0.25) is 0 Å². The van der Waals surface area contributed by atoms with Gasteiger partial charge in [-0.25, -0.2) is 4.99 Å². The van der Waals surface area contributed by atoms with E-state index in [9.17, 15) is 4.79 Å². The highest BCUT2D eigenvalue weighted by molar-refractivity contribution is 8.18. The zero-order valence-corrected chi connectivity index (χ0v) is 13.7. The molecule has 0 radical (unpaired) electrons. The van der Waals surface area contributed by atoms with Crippen molar-refractivity contribution in [1.82, 2.24) is 5.32 Å². The van der Waals surface area contributed by atoms with Gasteiger partial charge in [0.1, 0.15) is 5.75 Å². The van der Waals surface area contributed by atoms with E-state index in [1.807, 2.05) is 61.5 Å². The molecule has 0 bridgehead atoms. The van der Waals surface area contributed by atoms with Crippen molar-refractivity contribution < 1.29 is 9.53 Å². The molecule has 0 unspecified atom stereocenters. The Balaban J connectivity index is 1.80. The van der Waals surface area contributed by atoms with Crippen molar-refractivity contribution in [3.8, 4) is 5.75 Å². The minimum absolute atomic E-state index is 0.128. The summed E-state index contributed by atoms with van der Waals surface area (Å²) in [5.41, 5.74) is 2.91. The van der Waals surface area contributed by atoms with Crippen LogP contribution in [0.4, 0.5) is 5.69 Å². The second-order valence-electron chi connectivity index (χ2n) is 5.09. The number of ether oxygens (including phenoxy) is 1. The van der Waals surface area contributed by atoms with Gasteiger partial charge in [0.05, 0.1) is 17.7 Å². The number of aliphatic imine (C=N–C) groups is 1. The van der Waals surface area contributed by atoms with Crippen LogP contribution in [0.5, 0.6) is 5.75 Å². The Bertz CT molecular complexity index is 795. The van der Waals surface area contributed by atoms with Crippen LogP contribution in [0.2, 0.25) is 0 Å². The summed E-state index contributed by atoms with van der Waals surface area (Å²) in [6.07, 6.45) is 1.85. The van der Waals surface area contributed by atoms with Crippen LogP contribution in [-0.2, 0) is 4.79 Å². The van der Waals surface area contributed by atoms with Gasteiger partial charge in [-0.1, -0.05) is 24.3 Å². The lowest BCUT2D eigenvalue weighted by atomic mass is 10.2. The molecule has 1 amide bonds. The maximum atomic E-state index is 12.1. The molecule has 1 fully saturated rings. The number of amides is 1. The first-order valence-corrected chi connectivity index (χ1v) is 7.96. The molecular weight excluding hydrogens is 308 g/mol. The molecule has 1 aliphatic rings. The van der Waals surface area contributed by atoms with Gasteiger partial charge >= 0.3 is 0 Å². The number of aryl methyl sites for hydroxylation is 1. The zero-order chi connectivity index (χ0) is 16.2. The van der Waals surface area contributed by atoms with E-state index in [2.05, 4.69) is 10.3 Å². The van der Waals surface area contributed by atoms with Gasteiger partial charge in [0, 0.05) is 0 Å². The molecule has 1 saturated heterocycles. The number of nitrogens with one attached hydrogen (secondary N) is 1. The highest BCUT2D eigenvalue weighted by atomic mass is 32.2. The summed E-state index contributed by atoms with van der Waals surface area (Å²) >= 11 is 1.34.